The number of hydrogen-bond acceptors (Lipinski definition) is 5. The van der Waals surface area contributed by atoms with Crippen LogP contribution in [0.25, 0.3) is 0 Å². The smallest absolute Gasteiger partial charge is 0.303 e. The van der Waals surface area contributed by atoms with E-state index < -0.39 is 56.2 Å². The van der Waals surface area contributed by atoms with Gasteiger partial charge in [-0.25, -0.2) is 17.6 Å². The molecule has 2 aromatic carbocycles. The Labute approximate surface area is 236 Å². The van der Waals surface area contributed by atoms with E-state index in [1.807, 2.05) is 18.2 Å². The van der Waals surface area contributed by atoms with Crippen molar-refractivity contribution < 1.29 is 40.4 Å². The first-order valence-corrected chi connectivity index (χ1v) is 14.7. The van der Waals surface area contributed by atoms with Crippen LogP contribution >= 0.6 is 0 Å². The van der Waals surface area contributed by atoms with E-state index in [-0.39, 0.29) is 37.8 Å². The summed E-state index contributed by atoms with van der Waals surface area (Å²) >= 11 is 0. The molecule has 0 amide bonds. The standard InChI is InChI=1S/C29H32F4N2O5S/c1-29(16-8-11-19-41(38,39)40)21(14-7-9-17-34-20-12-4-2-5-13-20)35(18-10-3-6-15-22(36)37)28-23(29)24(30)25(31)26(32)27(28)33/h2,4-5,7,9,12-14,17H,3,6,8,10-11,15-16,18-19H2,1H3,(H,36,37)(H,38,39,40)/b9-7+,21-14+,34-17?. The summed E-state index contributed by atoms with van der Waals surface area (Å²) in [4.78, 5) is 16.5. The molecule has 0 aromatic heterocycles. The van der Waals surface area contributed by atoms with Crippen molar-refractivity contribution in [3.63, 3.8) is 0 Å². The fourth-order valence-corrected chi connectivity index (χ4v) is 5.58. The number of carboxylic acids is 1. The first kappa shape index (κ1) is 32.0. The number of anilines is 1. The number of para-hydroxylation sites is 1. The molecule has 1 aliphatic heterocycles. The number of carbonyl (C=O) groups is 1. The molecule has 12 heteroatoms. The zero-order valence-electron chi connectivity index (χ0n) is 22.5. The Kier molecular flexibility index (Phi) is 10.9. The van der Waals surface area contributed by atoms with Gasteiger partial charge in [0.1, 0.15) is 0 Å². The molecule has 41 heavy (non-hydrogen) atoms. The number of fused-ring (bicyclic) bond motifs is 1. The van der Waals surface area contributed by atoms with E-state index in [1.54, 1.807) is 37.3 Å². The number of rotatable bonds is 14. The third-order valence-corrected chi connectivity index (χ3v) is 7.76. The summed E-state index contributed by atoms with van der Waals surface area (Å²) in [5, 5.41) is 8.90. The van der Waals surface area contributed by atoms with E-state index >= 15 is 8.78 Å². The van der Waals surface area contributed by atoms with Gasteiger partial charge in [-0.3, -0.25) is 14.3 Å². The summed E-state index contributed by atoms with van der Waals surface area (Å²) < 4.78 is 91.1. The molecular weight excluding hydrogens is 564 g/mol. The van der Waals surface area contributed by atoms with Gasteiger partial charge in [0.25, 0.3) is 10.1 Å². The normalized spacial score (nSPS) is 18.2. The summed E-state index contributed by atoms with van der Waals surface area (Å²) in [5.41, 5.74) is -1.21. The maximum absolute atomic E-state index is 15.4. The Balaban J connectivity index is 2.03. The maximum Gasteiger partial charge on any atom is 0.303 e. The lowest BCUT2D eigenvalue weighted by molar-refractivity contribution is -0.137. The summed E-state index contributed by atoms with van der Waals surface area (Å²) in [6.45, 7) is 1.60. The van der Waals surface area contributed by atoms with Crippen molar-refractivity contribution in [2.75, 3.05) is 17.2 Å². The molecule has 0 saturated carbocycles. The number of unbranched alkanes of at least 4 members (excludes halogenated alkanes) is 3. The third-order valence-electron chi connectivity index (χ3n) is 6.95. The van der Waals surface area contributed by atoms with Gasteiger partial charge < -0.3 is 10.0 Å². The molecule has 1 atom stereocenters. The molecule has 3 rings (SSSR count). The Morgan fingerprint density at radius 2 is 1.63 bits per heavy atom. The zero-order chi connectivity index (χ0) is 30.2. The van der Waals surface area contributed by atoms with Crippen molar-refractivity contribution in [2.24, 2.45) is 4.99 Å². The van der Waals surface area contributed by atoms with Crippen molar-refractivity contribution in [1.29, 1.82) is 0 Å². The summed E-state index contributed by atoms with van der Waals surface area (Å²) in [6.07, 6.45) is 7.45. The number of hydrogen-bond donors (Lipinski definition) is 2. The fraction of sp³-hybridized carbons (Fsp3) is 0.379. The van der Waals surface area contributed by atoms with E-state index in [4.69, 9.17) is 9.66 Å². The highest BCUT2D eigenvalue weighted by Crippen LogP contribution is 2.53. The van der Waals surface area contributed by atoms with Crippen LogP contribution in [0.5, 0.6) is 0 Å². The highest BCUT2D eigenvalue weighted by molar-refractivity contribution is 7.85. The van der Waals surface area contributed by atoms with Crippen LogP contribution in [0.2, 0.25) is 0 Å². The average molecular weight is 597 g/mol. The number of benzene rings is 2. The van der Waals surface area contributed by atoms with Gasteiger partial charge in [-0.15, -0.1) is 0 Å². The summed E-state index contributed by atoms with van der Waals surface area (Å²) in [6, 6.07) is 9.06. The second kappa shape index (κ2) is 13.9. The molecule has 1 aliphatic rings. The molecule has 0 saturated heterocycles. The minimum atomic E-state index is -4.26. The van der Waals surface area contributed by atoms with Crippen LogP contribution in [0.15, 0.2) is 59.2 Å². The van der Waals surface area contributed by atoms with Crippen molar-refractivity contribution in [1.82, 2.24) is 0 Å². The lowest BCUT2D eigenvalue weighted by atomic mass is 9.76. The van der Waals surface area contributed by atoms with Crippen molar-refractivity contribution in [3.05, 3.63) is 83.1 Å². The fourth-order valence-electron chi connectivity index (χ4n) is 5.01. The quantitative estimate of drug-likeness (QED) is 0.0616. The van der Waals surface area contributed by atoms with Gasteiger partial charge in [0, 0.05) is 35.9 Å². The average Bonchev–Trinajstić information content (AvgIpc) is 3.16. The van der Waals surface area contributed by atoms with Crippen LogP contribution in [0.3, 0.4) is 0 Å². The van der Waals surface area contributed by atoms with Crippen LogP contribution < -0.4 is 4.90 Å². The molecular formula is C29H32F4N2O5S. The number of aliphatic imine (C=N–C) groups is 1. The summed E-state index contributed by atoms with van der Waals surface area (Å²) in [7, 11) is -4.26. The minimum absolute atomic E-state index is 0.000421. The first-order chi connectivity index (χ1) is 19.4. The second-order valence-electron chi connectivity index (χ2n) is 9.96. The Morgan fingerprint density at radius 3 is 2.29 bits per heavy atom. The lowest BCUT2D eigenvalue weighted by Gasteiger charge is -2.30. The zero-order valence-corrected chi connectivity index (χ0v) is 23.3. The molecule has 0 spiro atoms. The van der Waals surface area contributed by atoms with Gasteiger partial charge in [0.05, 0.1) is 17.1 Å². The van der Waals surface area contributed by atoms with E-state index in [1.165, 1.54) is 11.1 Å². The van der Waals surface area contributed by atoms with Gasteiger partial charge in [-0.05, 0) is 56.9 Å². The van der Waals surface area contributed by atoms with Crippen LogP contribution in [0, 0.1) is 23.3 Å². The van der Waals surface area contributed by atoms with E-state index in [0.29, 0.717) is 30.6 Å². The van der Waals surface area contributed by atoms with Gasteiger partial charge in [-0.1, -0.05) is 37.1 Å². The Morgan fingerprint density at radius 1 is 0.951 bits per heavy atom. The lowest BCUT2D eigenvalue weighted by Crippen LogP contribution is -2.30. The van der Waals surface area contributed by atoms with Gasteiger partial charge >= 0.3 is 5.97 Å². The van der Waals surface area contributed by atoms with Crippen molar-refractivity contribution in [2.45, 2.75) is 57.3 Å². The third kappa shape index (κ3) is 8.04. The van der Waals surface area contributed by atoms with E-state index in [2.05, 4.69) is 4.99 Å². The maximum atomic E-state index is 15.4. The number of allylic oxidation sites excluding steroid dienone is 4. The van der Waals surface area contributed by atoms with Crippen molar-refractivity contribution >= 4 is 33.7 Å². The molecule has 1 heterocycles. The van der Waals surface area contributed by atoms with E-state index in [9.17, 15) is 22.0 Å². The Hall–Kier alpha value is -3.51. The number of halogens is 4. The predicted molar refractivity (Wildman–Crippen MR) is 149 cm³/mol. The highest BCUT2D eigenvalue weighted by atomic mass is 32.2. The molecule has 0 radical (unpaired) electrons. The second-order valence-corrected chi connectivity index (χ2v) is 11.5. The van der Waals surface area contributed by atoms with Crippen LogP contribution in [-0.4, -0.2) is 42.6 Å². The largest absolute Gasteiger partial charge is 0.481 e. The van der Waals surface area contributed by atoms with Gasteiger partial charge in [0.2, 0.25) is 0 Å². The molecule has 0 aliphatic carbocycles. The minimum Gasteiger partial charge on any atom is -0.481 e. The van der Waals surface area contributed by atoms with Crippen LogP contribution in [0.1, 0.15) is 57.4 Å². The van der Waals surface area contributed by atoms with Crippen molar-refractivity contribution in [3.8, 4) is 0 Å². The number of nitrogens with zero attached hydrogens (tertiary/aromatic N) is 2. The van der Waals surface area contributed by atoms with Crippen LogP contribution in [0.4, 0.5) is 28.9 Å². The number of aliphatic carboxylic acids is 1. The molecule has 222 valence electrons. The number of carboxylic acid groups (broad SMARTS) is 1. The first-order valence-electron chi connectivity index (χ1n) is 13.1. The summed E-state index contributed by atoms with van der Waals surface area (Å²) in [5.74, 6) is -8.50. The molecule has 7 nitrogen and oxygen atoms in total. The topological polar surface area (TPSA) is 107 Å². The van der Waals surface area contributed by atoms with E-state index in [0.717, 1.165) is 0 Å². The SMILES string of the molecule is CC1(CCCCS(=O)(=O)O)/C(=C\C=C\C=Nc2ccccc2)N(CCCCCC(=O)O)c2c(F)c(F)c(F)c(F)c21. The molecule has 0 bridgehead atoms. The highest BCUT2D eigenvalue weighted by Gasteiger charge is 2.48. The van der Waals surface area contributed by atoms with Gasteiger partial charge in [0.15, 0.2) is 23.3 Å². The molecule has 0 fully saturated rings. The molecule has 2 aromatic rings. The van der Waals surface area contributed by atoms with Gasteiger partial charge in [-0.2, -0.15) is 8.42 Å². The Bertz CT molecular complexity index is 1450. The monoisotopic (exact) mass is 596 g/mol. The van der Waals surface area contributed by atoms with Crippen LogP contribution in [-0.2, 0) is 20.3 Å². The molecule has 2 N–H and O–H groups in total. The molecule has 1 unspecified atom stereocenters. The predicted octanol–water partition coefficient (Wildman–Crippen LogP) is 6.87.